The smallest absolute Gasteiger partial charge is 0.653 e. The topological polar surface area (TPSA) is 31.2 Å². The van der Waals surface area contributed by atoms with Gasteiger partial charge in [-0.2, -0.15) is 0 Å². The first-order valence-electron chi connectivity index (χ1n) is 5.46. The van der Waals surface area contributed by atoms with Gasteiger partial charge in [-0.1, -0.05) is 47.0 Å². The Morgan fingerprint density at radius 1 is 1.20 bits per heavy atom. The number of carbonyl (C=O) groups excluding carboxylic acids is 1. The third-order valence-corrected chi connectivity index (χ3v) is 2.12. The first-order valence-corrected chi connectivity index (χ1v) is 5.46. The van der Waals surface area contributed by atoms with Gasteiger partial charge >= 0.3 is 58.2 Å². The van der Waals surface area contributed by atoms with Crippen LogP contribution in [0.4, 0.5) is 0 Å². The molecule has 0 aromatic heterocycles. The molecule has 0 unspecified atom stereocenters. The van der Waals surface area contributed by atoms with E-state index < -0.39 is 0 Å². The number of hydrogen-bond donors (Lipinski definition) is 0. The Bertz CT molecular complexity index is 188. The van der Waals surface area contributed by atoms with Crippen molar-refractivity contribution in [1.82, 2.24) is 0 Å². The fourth-order valence-corrected chi connectivity index (χ4v) is 1.64. The van der Waals surface area contributed by atoms with Crippen LogP contribution in [-0.4, -0.2) is 12.5 Å². The van der Waals surface area contributed by atoms with Crippen LogP contribution in [0, 0.1) is 17.3 Å². The number of amides is 1. The van der Waals surface area contributed by atoms with Gasteiger partial charge in [0.2, 0.25) is 0 Å². The summed E-state index contributed by atoms with van der Waals surface area (Å²) in [6.45, 7) is 13.2. The van der Waals surface area contributed by atoms with Crippen molar-refractivity contribution in [3.05, 3.63) is 5.32 Å². The summed E-state index contributed by atoms with van der Waals surface area (Å²) in [6.07, 6.45) is 1.11. The first kappa shape index (κ1) is 18.6. The molecule has 0 rings (SSSR count). The number of rotatable bonds is 5. The minimum Gasteiger partial charge on any atom is -0.653 e. The van der Waals surface area contributed by atoms with Gasteiger partial charge < -0.3 is 10.1 Å². The molecule has 0 saturated heterocycles. The van der Waals surface area contributed by atoms with E-state index in [1.807, 2.05) is 13.8 Å². The van der Waals surface area contributed by atoms with Crippen molar-refractivity contribution in [3.63, 3.8) is 0 Å². The first-order chi connectivity index (χ1) is 6.24. The van der Waals surface area contributed by atoms with Crippen LogP contribution in [0.5, 0.6) is 0 Å². The Balaban J connectivity index is 0. The van der Waals surface area contributed by atoms with E-state index in [0.717, 1.165) is 6.42 Å². The van der Waals surface area contributed by atoms with Crippen LogP contribution in [0.2, 0.25) is 0 Å². The summed E-state index contributed by atoms with van der Waals surface area (Å²) in [5.41, 5.74) is 0.152. The average molecular weight is 284 g/mol. The number of nitrogens with zero attached hydrogens (tertiary/aromatic N) is 1. The SMILES string of the molecule is CC(C)CC(C)(C)C[N-]C(=O)C(C)C.[Rb+]. The van der Waals surface area contributed by atoms with E-state index in [2.05, 4.69) is 33.0 Å². The molecule has 15 heavy (non-hydrogen) atoms. The minimum atomic E-state index is 0. The average Bonchev–Trinajstić information content (AvgIpc) is 1.97. The summed E-state index contributed by atoms with van der Waals surface area (Å²) in [5.74, 6) is 0.723. The van der Waals surface area contributed by atoms with Crippen LogP contribution >= 0.6 is 0 Å². The molecule has 0 atom stereocenters. The fourth-order valence-electron chi connectivity index (χ4n) is 1.64. The van der Waals surface area contributed by atoms with Crippen LogP contribution in [0.15, 0.2) is 0 Å². The predicted molar refractivity (Wildman–Crippen MR) is 61.3 cm³/mol. The van der Waals surface area contributed by atoms with Crippen LogP contribution in [0.1, 0.15) is 48.0 Å². The second-order valence-corrected chi connectivity index (χ2v) is 5.57. The van der Waals surface area contributed by atoms with Crippen LogP contribution in [0.25, 0.3) is 5.32 Å². The van der Waals surface area contributed by atoms with E-state index >= 15 is 0 Å². The molecule has 0 N–H and O–H groups in total. The third kappa shape index (κ3) is 10.2. The summed E-state index contributed by atoms with van der Waals surface area (Å²) >= 11 is 0. The van der Waals surface area contributed by atoms with Crippen LogP contribution in [-0.2, 0) is 4.79 Å². The molecular formula is C12H24NORb. The van der Waals surface area contributed by atoms with E-state index in [4.69, 9.17) is 0 Å². The zero-order chi connectivity index (χ0) is 11.4. The standard InChI is InChI=1S/C12H25NO.Rb/c1-9(2)7-12(5,6)8-13-11(14)10(3)4;/h9-10H,7-8H2,1-6H3,(H,13,14);/q;+1/p-1. The molecule has 0 radical (unpaired) electrons. The molecule has 0 aliphatic rings. The largest absolute Gasteiger partial charge is 1.00 e. The summed E-state index contributed by atoms with van der Waals surface area (Å²) in [5, 5.41) is 4.11. The molecule has 3 heteroatoms. The Morgan fingerprint density at radius 3 is 2.00 bits per heavy atom. The second-order valence-electron chi connectivity index (χ2n) is 5.57. The molecule has 0 heterocycles. The molecule has 0 fully saturated rings. The van der Waals surface area contributed by atoms with Crippen molar-refractivity contribution >= 4 is 5.91 Å². The number of hydrogen-bond acceptors (Lipinski definition) is 1. The maximum absolute atomic E-state index is 11.3. The van der Waals surface area contributed by atoms with Gasteiger partial charge in [0.15, 0.2) is 0 Å². The Morgan fingerprint density at radius 2 is 1.67 bits per heavy atom. The maximum atomic E-state index is 11.3. The zero-order valence-corrected chi connectivity index (χ0v) is 16.3. The van der Waals surface area contributed by atoms with Crippen molar-refractivity contribution in [2.75, 3.05) is 6.54 Å². The van der Waals surface area contributed by atoms with Crippen molar-refractivity contribution in [1.29, 1.82) is 0 Å². The van der Waals surface area contributed by atoms with Gasteiger partial charge in [-0.05, 0) is 18.3 Å². The summed E-state index contributed by atoms with van der Waals surface area (Å²) < 4.78 is 0. The molecule has 2 nitrogen and oxygen atoms in total. The van der Waals surface area contributed by atoms with E-state index in [9.17, 15) is 4.79 Å². The van der Waals surface area contributed by atoms with Gasteiger partial charge in [0.05, 0.1) is 5.91 Å². The molecule has 0 aromatic carbocycles. The summed E-state index contributed by atoms with van der Waals surface area (Å²) in [7, 11) is 0. The maximum Gasteiger partial charge on any atom is 1.00 e. The van der Waals surface area contributed by atoms with E-state index in [-0.39, 0.29) is 75.4 Å². The Labute approximate surface area is 144 Å². The fraction of sp³-hybridized carbons (Fsp3) is 0.917. The number of carbonyl (C=O) groups is 1. The molecule has 0 bridgehead atoms. The second kappa shape index (κ2) is 8.38. The van der Waals surface area contributed by atoms with Gasteiger partial charge in [0.25, 0.3) is 0 Å². The Kier molecular flexibility index (Phi) is 10.4. The van der Waals surface area contributed by atoms with Crippen LogP contribution < -0.4 is 58.2 Å². The molecule has 0 aliphatic heterocycles. The zero-order valence-electron chi connectivity index (χ0n) is 11.4. The summed E-state index contributed by atoms with van der Waals surface area (Å²) in [6, 6.07) is 0. The van der Waals surface area contributed by atoms with Gasteiger partial charge in [-0.3, -0.25) is 0 Å². The van der Waals surface area contributed by atoms with Gasteiger partial charge in [-0.25, -0.2) is 0 Å². The van der Waals surface area contributed by atoms with E-state index in [0.29, 0.717) is 12.5 Å². The van der Waals surface area contributed by atoms with Crippen molar-refractivity contribution in [2.24, 2.45) is 17.3 Å². The van der Waals surface area contributed by atoms with E-state index in [1.54, 1.807) is 0 Å². The molecule has 0 spiro atoms. The quantitative estimate of drug-likeness (QED) is 0.728. The van der Waals surface area contributed by atoms with E-state index in [1.165, 1.54) is 0 Å². The molecule has 0 aliphatic carbocycles. The molecular weight excluding hydrogens is 260 g/mol. The van der Waals surface area contributed by atoms with Crippen LogP contribution in [0.3, 0.4) is 0 Å². The predicted octanol–water partition coefficient (Wildman–Crippen LogP) is 0.619. The van der Waals surface area contributed by atoms with Gasteiger partial charge in [-0.15, -0.1) is 6.54 Å². The summed E-state index contributed by atoms with van der Waals surface area (Å²) in [4.78, 5) is 11.3. The van der Waals surface area contributed by atoms with Gasteiger partial charge in [0, 0.05) is 0 Å². The van der Waals surface area contributed by atoms with Crippen molar-refractivity contribution in [3.8, 4) is 0 Å². The third-order valence-electron chi connectivity index (χ3n) is 2.12. The molecule has 0 aromatic rings. The normalized spacial score (nSPS) is 11.5. The minimum absolute atomic E-state index is 0. The molecule has 84 valence electrons. The Hall–Kier alpha value is 1.28. The van der Waals surface area contributed by atoms with Crippen molar-refractivity contribution in [2.45, 2.75) is 48.0 Å². The molecule has 1 amide bonds. The van der Waals surface area contributed by atoms with Gasteiger partial charge in [0.1, 0.15) is 0 Å². The van der Waals surface area contributed by atoms with Crippen molar-refractivity contribution < 1.29 is 63.0 Å². The monoisotopic (exact) mass is 283 g/mol. The molecule has 0 saturated carbocycles.